The summed E-state index contributed by atoms with van der Waals surface area (Å²) in [4.78, 5) is -0.229. The third kappa shape index (κ3) is 3.25. The number of hydrogen-bond donors (Lipinski definition) is 0. The van der Waals surface area contributed by atoms with Crippen molar-refractivity contribution < 1.29 is 26.1 Å². The molecular formula is C15H12F2O4S. The average molecular weight is 326 g/mol. The Hall–Kier alpha value is -2.41. The Labute approximate surface area is 126 Å². The molecule has 0 saturated carbocycles. The summed E-state index contributed by atoms with van der Waals surface area (Å²) in [6.07, 6.45) is 1.53. The predicted molar refractivity (Wildman–Crippen MR) is 77.3 cm³/mol. The summed E-state index contributed by atoms with van der Waals surface area (Å²) in [5.74, 6) is -3.45. The van der Waals surface area contributed by atoms with E-state index < -0.39 is 27.5 Å². The number of methoxy groups -OCH3 is 1. The molecule has 116 valence electrons. The van der Waals surface area contributed by atoms with Crippen molar-refractivity contribution >= 4 is 16.2 Å². The Balaban J connectivity index is 2.38. The van der Waals surface area contributed by atoms with E-state index in [1.165, 1.54) is 37.5 Å². The molecule has 2 aromatic rings. The zero-order chi connectivity index (χ0) is 16.3. The second kappa shape index (κ2) is 6.15. The zero-order valence-corrected chi connectivity index (χ0v) is 12.4. The molecule has 4 nitrogen and oxygen atoms in total. The first-order chi connectivity index (χ1) is 10.4. The van der Waals surface area contributed by atoms with Gasteiger partial charge in [0.15, 0.2) is 11.6 Å². The fourth-order valence-electron chi connectivity index (χ4n) is 1.66. The van der Waals surface area contributed by atoms with Crippen molar-refractivity contribution in [3.8, 4) is 11.5 Å². The predicted octanol–water partition coefficient (Wildman–Crippen LogP) is 3.38. The Kier molecular flexibility index (Phi) is 4.46. The summed E-state index contributed by atoms with van der Waals surface area (Å²) in [6.45, 7) is 3.54. The van der Waals surface area contributed by atoms with Gasteiger partial charge in [-0.05, 0) is 17.7 Å². The molecule has 0 unspecified atom stereocenters. The van der Waals surface area contributed by atoms with Crippen LogP contribution in [-0.4, -0.2) is 15.5 Å². The maximum Gasteiger partial charge on any atom is 0.339 e. The molecule has 7 heteroatoms. The molecule has 0 spiro atoms. The van der Waals surface area contributed by atoms with Gasteiger partial charge >= 0.3 is 10.1 Å². The summed E-state index contributed by atoms with van der Waals surface area (Å²) >= 11 is 0. The number of hydrogen-bond acceptors (Lipinski definition) is 4. The molecule has 0 radical (unpaired) electrons. The molecule has 0 aliphatic rings. The molecule has 0 amide bonds. The topological polar surface area (TPSA) is 52.6 Å². The van der Waals surface area contributed by atoms with Gasteiger partial charge in [-0.25, -0.2) is 8.78 Å². The molecule has 0 atom stereocenters. The molecular weight excluding hydrogens is 314 g/mol. The van der Waals surface area contributed by atoms with Crippen LogP contribution in [0.1, 0.15) is 5.56 Å². The van der Waals surface area contributed by atoms with Crippen molar-refractivity contribution in [2.45, 2.75) is 4.90 Å². The van der Waals surface area contributed by atoms with E-state index in [-0.39, 0.29) is 10.6 Å². The summed E-state index contributed by atoms with van der Waals surface area (Å²) in [5, 5.41) is 0. The highest BCUT2D eigenvalue weighted by Gasteiger charge is 2.22. The van der Waals surface area contributed by atoms with E-state index in [0.717, 1.165) is 12.1 Å². The first-order valence-corrected chi connectivity index (χ1v) is 7.48. The highest BCUT2D eigenvalue weighted by Crippen LogP contribution is 2.29. The smallest absolute Gasteiger partial charge is 0.339 e. The van der Waals surface area contributed by atoms with E-state index >= 15 is 0 Å². The van der Waals surface area contributed by atoms with Gasteiger partial charge in [-0.15, -0.1) is 0 Å². The standard InChI is InChI=1S/C15H12F2O4S/c1-3-10-4-6-12(7-5-10)22(18,19)21-15-13(16)8-11(20-2)9-14(15)17/h3-9H,1H2,2H3. The number of halogens is 2. The molecule has 0 heterocycles. The number of rotatable bonds is 5. The lowest BCUT2D eigenvalue weighted by Crippen LogP contribution is -2.12. The molecule has 2 aromatic carbocycles. The second-order valence-corrected chi connectivity index (χ2v) is 5.78. The highest BCUT2D eigenvalue weighted by molar-refractivity contribution is 7.87. The van der Waals surface area contributed by atoms with Gasteiger partial charge in [0, 0.05) is 12.1 Å². The number of ether oxygens (including phenoxy) is 1. The van der Waals surface area contributed by atoms with Gasteiger partial charge in [-0.3, -0.25) is 0 Å². The molecule has 22 heavy (non-hydrogen) atoms. The summed E-state index contributed by atoms with van der Waals surface area (Å²) in [7, 11) is -3.13. The molecule has 0 saturated heterocycles. The molecule has 0 fully saturated rings. The van der Waals surface area contributed by atoms with Crippen molar-refractivity contribution in [2.24, 2.45) is 0 Å². The van der Waals surface area contributed by atoms with E-state index in [9.17, 15) is 17.2 Å². The van der Waals surface area contributed by atoms with Gasteiger partial charge in [0.05, 0.1) is 7.11 Å². The van der Waals surface area contributed by atoms with Gasteiger partial charge in [0.2, 0.25) is 5.75 Å². The Morgan fingerprint density at radius 3 is 2.09 bits per heavy atom. The first kappa shape index (κ1) is 16.0. The fourth-order valence-corrected chi connectivity index (χ4v) is 2.61. The van der Waals surface area contributed by atoms with Crippen molar-refractivity contribution in [1.82, 2.24) is 0 Å². The first-order valence-electron chi connectivity index (χ1n) is 6.07. The molecule has 0 bridgehead atoms. The van der Waals surface area contributed by atoms with Crippen molar-refractivity contribution in [3.05, 3.63) is 60.2 Å². The molecule has 0 aliphatic carbocycles. The van der Waals surface area contributed by atoms with Crippen LogP contribution in [0.15, 0.2) is 47.9 Å². The van der Waals surface area contributed by atoms with Crippen LogP contribution in [0.25, 0.3) is 6.08 Å². The van der Waals surface area contributed by atoms with E-state index in [4.69, 9.17) is 0 Å². The van der Waals surface area contributed by atoms with Crippen LogP contribution in [0, 0.1) is 11.6 Å². The lowest BCUT2D eigenvalue weighted by Gasteiger charge is -2.10. The SMILES string of the molecule is C=Cc1ccc(S(=O)(=O)Oc2c(F)cc(OC)cc2F)cc1. The van der Waals surface area contributed by atoms with Gasteiger partial charge in [0.25, 0.3) is 0 Å². The van der Waals surface area contributed by atoms with E-state index in [2.05, 4.69) is 15.5 Å². The van der Waals surface area contributed by atoms with E-state index in [1.807, 2.05) is 0 Å². The quantitative estimate of drug-likeness (QED) is 0.791. The summed E-state index contributed by atoms with van der Waals surface area (Å²) < 4.78 is 60.8. The minimum Gasteiger partial charge on any atom is -0.497 e. The fraction of sp³-hybridized carbons (Fsp3) is 0.0667. The normalized spacial score (nSPS) is 11.0. The van der Waals surface area contributed by atoms with E-state index in [0.29, 0.717) is 5.56 Å². The largest absolute Gasteiger partial charge is 0.497 e. The summed E-state index contributed by atoms with van der Waals surface area (Å²) in [5.41, 5.74) is 0.695. The maximum absolute atomic E-state index is 13.7. The molecule has 2 rings (SSSR count). The lowest BCUT2D eigenvalue weighted by molar-refractivity contribution is 0.394. The van der Waals surface area contributed by atoms with Crippen LogP contribution >= 0.6 is 0 Å². The highest BCUT2D eigenvalue weighted by atomic mass is 32.2. The number of benzene rings is 2. The lowest BCUT2D eigenvalue weighted by atomic mass is 10.2. The maximum atomic E-state index is 13.7. The Morgan fingerprint density at radius 1 is 1.09 bits per heavy atom. The van der Waals surface area contributed by atoms with Crippen LogP contribution in [0.5, 0.6) is 11.5 Å². The van der Waals surface area contributed by atoms with Crippen LogP contribution < -0.4 is 8.92 Å². The molecule has 0 aliphatic heterocycles. The molecule has 0 N–H and O–H groups in total. The van der Waals surface area contributed by atoms with Gasteiger partial charge in [0.1, 0.15) is 10.6 Å². The van der Waals surface area contributed by atoms with Crippen LogP contribution in [0.2, 0.25) is 0 Å². The molecule has 0 aromatic heterocycles. The van der Waals surface area contributed by atoms with E-state index in [1.54, 1.807) is 0 Å². The van der Waals surface area contributed by atoms with Gasteiger partial charge in [-0.1, -0.05) is 24.8 Å². The Bertz CT molecular complexity index is 776. The van der Waals surface area contributed by atoms with Gasteiger partial charge in [-0.2, -0.15) is 8.42 Å². The van der Waals surface area contributed by atoms with Crippen LogP contribution in [-0.2, 0) is 10.1 Å². The van der Waals surface area contributed by atoms with Crippen molar-refractivity contribution in [2.75, 3.05) is 7.11 Å². The third-order valence-corrected chi connectivity index (χ3v) is 4.04. The van der Waals surface area contributed by atoms with Gasteiger partial charge < -0.3 is 8.92 Å². The van der Waals surface area contributed by atoms with Crippen LogP contribution in [0.4, 0.5) is 8.78 Å². The monoisotopic (exact) mass is 326 g/mol. The van der Waals surface area contributed by atoms with Crippen molar-refractivity contribution in [3.63, 3.8) is 0 Å². The minimum absolute atomic E-state index is 0.0879. The second-order valence-electron chi connectivity index (χ2n) is 4.23. The summed E-state index contributed by atoms with van der Waals surface area (Å²) in [6, 6.07) is 7.15. The zero-order valence-electron chi connectivity index (χ0n) is 11.5. The third-order valence-electron chi connectivity index (χ3n) is 2.81. The Morgan fingerprint density at radius 2 is 1.64 bits per heavy atom. The average Bonchev–Trinajstić information content (AvgIpc) is 2.50. The minimum atomic E-state index is -4.36. The van der Waals surface area contributed by atoms with Crippen molar-refractivity contribution in [1.29, 1.82) is 0 Å². The van der Waals surface area contributed by atoms with Crippen LogP contribution in [0.3, 0.4) is 0 Å².